The molecule has 0 spiro atoms. The fourth-order valence-electron chi connectivity index (χ4n) is 1.62. The first-order chi connectivity index (χ1) is 10.7. The number of nitrogens with one attached hydrogen (secondary N) is 1. The van der Waals surface area contributed by atoms with Crippen LogP contribution in [0.15, 0.2) is 18.2 Å². The van der Waals surface area contributed by atoms with Gasteiger partial charge in [0.15, 0.2) is 0 Å². The van der Waals surface area contributed by atoms with E-state index in [9.17, 15) is 35.9 Å². The second-order valence-corrected chi connectivity index (χ2v) is 5.23. The van der Waals surface area contributed by atoms with Crippen molar-refractivity contribution >= 4 is 22.8 Å². The van der Waals surface area contributed by atoms with Crippen molar-refractivity contribution < 1.29 is 35.9 Å². The van der Waals surface area contributed by atoms with Gasteiger partial charge in [0.05, 0.1) is 6.04 Å². The van der Waals surface area contributed by atoms with Crippen LogP contribution >= 0.6 is 11.6 Å². The van der Waals surface area contributed by atoms with Crippen molar-refractivity contribution in [3.8, 4) is 0 Å². The molecule has 1 aromatic carbocycles. The van der Waals surface area contributed by atoms with Crippen LogP contribution in [0.25, 0.3) is 0 Å². The molecule has 3 nitrogen and oxygen atoms in total. The standard InChI is InChI=1S/C12H11F6NO.C2H3ClO/c1-6(19-7(2)20)9-4-3-8(5-10(9)13)11(14,15)12(16,17)18;1-2(3)4/h3-6H,1-2H3,(H,19,20);1H3. The van der Waals surface area contributed by atoms with E-state index in [1.165, 1.54) is 20.8 Å². The summed E-state index contributed by atoms with van der Waals surface area (Å²) in [6, 6.07) is 0.567. The highest BCUT2D eigenvalue weighted by atomic mass is 35.5. The number of amides is 1. The molecule has 1 N–H and O–H groups in total. The van der Waals surface area contributed by atoms with Crippen LogP contribution in [0.2, 0.25) is 0 Å². The Morgan fingerprint density at radius 3 is 1.92 bits per heavy atom. The maximum absolute atomic E-state index is 13.6. The first-order valence-corrected chi connectivity index (χ1v) is 6.75. The van der Waals surface area contributed by atoms with Crippen molar-refractivity contribution in [2.45, 2.75) is 38.9 Å². The number of halogens is 7. The van der Waals surface area contributed by atoms with Crippen LogP contribution in [0.3, 0.4) is 0 Å². The average Bonchev–Trinajstić information content (AvgIpc) is 2.35. The van der Waals surface area contributed by atoms with Crippen LogP contribution in [0.5, 0.6) is 0 Å². The summed E-state index contributed by atoms with van der Waals surface area (Å²) in [4.78, 5) is 20.0. The predicted molar refractivity (Wildman–Crippen MR) is 75.1 cm³/mol. The van der Waals surface area contributed by atoms with Crippen LogP contribution in [-0.2, 0) is 15.5 Å². The van der Waals surface area contributed by atoms with Gasteiger partial charge < -0.3 is 5.32 Å². The molecule has 0 aliphatic carbocycles. The van der Waals surface area contributed by atoms with Gasteiger partial charge in [0.25, 0.3) is 0 Å². The minimum Gasteiger partial charge on any atom is -0.350 e. The smallest absolute Gasteiger partial charge is 0.350 e. The molecule has 0 saturated carbocycles. The molecule has 136 valence electrons. The summed E-state index contributed by atoms with van der Waals surface area (Å²) >= 11 is 4.64. The molecule has 0 saturated heterocycles. The van der Waals surface area contributed by atoms with Crippen molar-refractivity contribution in [2.75, 3.05) is 0 Å². The van der Waals surface area contributed by atoms with Crippen molar-refractivity contribution in [1.82, 2.24) is 5.32 Å². The SMILES string of the molecule is CC(=O)Cl.CC(=O)NC(C)c1ccc(C(F)(F)C(F)(F)F)cc1F. The van der Waals surface area contributed by atoms with Gasteiger partial charge in [0.2, 0.25) is 11.1 Å². The summed E-state index contributed by atoms with van der Waals surface area (Å²) in [6.07, 6.45) is -5.80. The number of alkyl halides is 5. The van der Waals surface area contributed by atoms with E-state index in [-0.39, 0.29) is 16.9 Å². The Morgan fingerprint density at radius 2 is 1.58 bits per heavy atom. The van der Waals surface area contributed by atoms with Gasteiger partial charge in [-0.3, -0.25) is 9.59 Å². The number of hydrogen-bond acceptors (Lipinski definition) is 2. The molecule has 10 heteroatoms. The first kappa shape index (κ1) is 22.2. The highest BCUT2D eigenvalue weighted by molar-refractivity contribution is 6.62. The van der Waals surface area contributed by atoms with Crippen molar-refractivity contribution in [1.29, 1.82) is 0 Å². The lowest BCUT2D eigenvalue weighted by Crippen LogP contribution is -2.34. The number of benzene rings is 1. The second-order valence-electron chi connectivity index (χ2n) is 4.70. The Bertz CT molecular complexity index is 599. The summed E-state index contributed by atoms with van der Waals surface area (Å²) < 4.78 is 76.1. The largest absolute Gasteiger partial charge is 0.458 e. The summed E-state index contributed by atoms with van der Waals surface area (Å²) in [6.45, 7) is 3.84. The predicted octanol–water partition coefficient (Wildman–Crippen LogP) is 4.45. The molecular formula is C14H14ClF6NO2. The Balaban J connectivity index is 0.00000118. The molecule has 0 heterocycles. The lowest BCUT2D eigenvalue weighted by atomic mass is 10.0. The highest BCUT2D eigenvalue weighted by Gasteiger charge is 2.58. The van der Waals surface area contributed by atoms with Gasteiger partial charge in [-0.25, -0.2) is 4.39 Å². The molecule has 0 aliphatic rings. The zero-order valence-corrected chi connectivity index (χ0v) is 13.5. The Hall–Kier alpha value is -1.77. The topological polar surface area (TPSA) is 46.2 Å². The minimum atomic E-state index is -5.80. The molecule has 1 rings (SSSR count). The van der Waals surface area contributed by atoms with E-state index < -0.39 is 35.4 Å². The molecule has 1 amide bonds. The molecule has 24 heavy (non-hydrogen) atoms. The molecular weight excluding hydrogens is 364 g/mol. The summed E-state index contributed by atoms with van der Waals surface area (Å²) in [5, 5.41) is 1.94. The van der Waals surface area contributed by atoms with Crippen molar-refractivity contribution in [2.24, 2.45) is 0 Å². The third-order valence-electron chi connectivity index (χ3n) is 2.61. The monoisotopic (exact) mass is 377 g/mol. The van der Waals surface area contributed by atoms with Crippen LogP contribution < -0.4 is 5.32 Å². The number of rotatable bonds is 3. The highest BCUT2D eigenvalue weighted by Crippen LogP contribution is 2.44. The lowest BCUT2D eigenvalue weighted by molar-refractivity contribution is -0.289. The van der Waals surface area contributed by atoms with Gasteiger partial charge in [-0.05, 0) is 24.6 Å². The Morgan fingerprint density at radius 1 is 1.12 bits per heavy atom. The van der Waals surface area contributed by atoms with E-state index in [0.29, 0.717) is 6.07 Å². The van der Waals surface area contributed by atoms with E-state index >= 15 is 0 Å². The quantitative estimate of drug-likeness (QED) is 0.625. The van der Waals surface area contributed by atoms with Gasteiger partial charge >= 0.3 is 12.1 Å². The normalized spacial score (nSPS) is 12.8. The fourth-order valence-corrected chi connectivity index (χ4v) is 1.62. The maximum Gasteiger partial charge on any atom is 0.458 e. The number of carbonyl (C=O) groups is 2. The summed E-state index contributed by atoms with van der Waals surface area (Å²) in [5.41, 5.74) is -1.66. The van der Waals surface area contributed by atoms with E-state index in [1.807, 2.05) is 0 Å². The zero-order chi connectivity index (χ0) is 19.3. The summed E-state index contributed by atoms with van der Waals surface area (Å²) in [5.74, 6) is -6.86. The van der Waals surface area contributed by atoms with Gasteiger partial charge in [-0.2, -0.15) is 22.0 Å². The zero-order valence-electron chi connectivity index (χ0n) is 12.8. The van der Waals surface area contributed by atoms with Crippen LogP contribution in [-0.4, -0.2) is 17.3 Å². The van der Waals surface area contributed by atoms with Gasteiger partial charge in [0.1, 0.15) is 5.82 Å². The molecule has 1 atom stereocenters. The third-order valence-corrected chi connectivity index (χ3v) is 2.61. The second kappa shape index (κ2) is 8.36. The number of carbonyl (C=O) groups excluding carboxylic acids is 2. The van der Waals surface area contributed by atoms with E-state index in [1.54, 1.807) is 0 Å². The van der Waals surface area contributed by atoms with Crippen LogP contribution in [0.4, 0.5) is 26.3 Å². The van der Waals surface area contributed by atoms with Gasteiger partial charge in [-0.15, -0.1) is 0 Å². The molecule has 1 unspecified atom stereocenters. The minimum absolute atomic E-state index is 0.126. The van der Waals surface area contributed by atoms with E-state index in [2.05, 4.69) is 16.9 Å². The molecule has 0 fully saturated rings. The first-order valence-electron chi connectivity index (χ1n) is 6.37. The molecule has 1 aromatic rings. The Kier molecular flexibility index (Phi) is 7.75. The molecule has 0 aliphatic heterocycles. The van der Waals surface area contributed by atoms with E-state index in [4.69, 9.17) is 0 Å². The maximum atomic E-state index is 13.6. The summed E-state index contributed by atoms with van der Waals surface area (Å²) in [7, 11) is 0. The van der Waals surface area contributed by atoms with Crippen molar-refractivity contribution in [3.63, 3.8) is 0 Å². The lowest BCUT2D eigenvalue weighted by Gasteiger charge is -2.21. The van der Waals surface area contributed by atoms with Crippen molar-refractivity contribution in [3.05, 3.63) is 35.1 Å². The van der Waals surface area contributed by atoms with Gasteiger partial charge in [-0.1, -0.05) is 12.1 Å². The Labute approximate surface area is 139 Å². The third kappa shape index (κ3) is 6.38. The molecule has 0 bridgehead atoms. The van der Waals surface area contributed by atoms with Crippen LogP contribution in [0, 0.1) is 5.82 Å². The van der Waals surface area contributed by atoms with Gasteiger partial charge in [0, 0.05) is 25.0 Å². The fraction of sp³-hybridized carbons (Fsp3) is 0.429. The number of hydrogen-bond donors (Lipinski definition) is 1. The molecule has 0 radical (unpaired) electrons. The molecule has 0 aromatic heterocycles. The average molecular weight is 378 g/mol. The van der Waals surface area contributed by atoms with Crippen LogP contribution in [0.1, 0.15) is 37.9 Å². The van der Waals surface area contributed by atoms with E-state index in [0.717, 1.165) is 6.07 Å².